The number of halogens is 1. The molecule has 0 saturated carbocycles. The minimum absolute atomic E-state index is 0.231. The van der Waals surface area contributed by atoms with Gasteiger partial charge in [0.25, 0.3) is 11.8 Å². The van der Waals surface area contributed by atoms with Crippen LogP contribution in [0.4, 0.5) is 4.39 Å². The molecular formula is C18H19FN2O3. The van der Waals surface area contributed by atoms with Crippen LogP contribution in [0.2, 0.25) is 0 Å². The van der Waals surface area contributed by atoms with Gasteiger partial charge in [0.1, 0.15) is 11.6 Å². The molecule has 24 heavy (non-hydrogen) atoms. The quantitative estimate of drug-likeness (QED) is 0.829. The Hall–Kier alpha value is -2.89. The van der Waals surface area contributed by atoms with Gasteiger partial charge in [-0.2, -0.15) is 0 Å². The van der Waals surface area contributed by atoms with Gasteiger partial charge in [0.15, 0.2) is 6.61 Å². The summed E-state index contributed by atoms with van der Waals surface area (Å²) in [7, 11) is 0. The zero-order valence-electron chi connectivity index (χ0n) is 13.5. The fraction of sp³-hybridized carbons (Fsp3) is 0.222. The van der Waals surface area contributed by atoms with E-state index >= 15 is 0 Å². The number of hydrogen-bond donors (Lipinski definition) is 2. The molecule has 2 aromatic rings. The second-order valence-corrected chi connectivity index (χ2v) is 5.52. The minimum Gasteiger partial charge on any atom is -0.484 e. The van der Waals surface area contributed by atoms with Crippen molar-refractivity contribution >= 4 is 11.8 Å². The number of nitrogens with one attached hydrogen (secondary N) is 2. The fourth-order valence-electron chi connectivity index (χ4n) is 1.93. The molecular weight excluding hydrogens is 311 g/mol. The standard InChI is InChI=1S/C18H19FN2O3/c1-12(2)13-5-9-16(10-6-13)24-11-17(22)20-21-18(23)14-3-7-15(19)8-4-14/h3-10,12H,11H2,1-2H3,(H,20,22)(H,21,23). The van der Waals surface area contributed by atoms with E-state index in [4.69, 9.17) is 4.74 Å². The highest BCUT2D eigenvalue weighted by atomic mass is 19.1. The highest BCUT2D eigenvalue weighted by Crippen LogP contribution is 2.18. The Morgan fingerprint density at radius 2 is 1.62 bits per heavy atom. The Morgan fingerprint density at radius 1 is 1.00 bits per heavy atom. The average Bonchev–Trinajstić information content (AvgIpc) is 2.58. The molecule has 0 aliphatic rings. The normalized spacial score (nSPS) is 10.3. The second kappa shape index (κ2) is 8.10. The first-order valence-electron chi connectivity index (χ1n) is 7.53. The van der Waals surface area contributed by atoms with E-state index in [-0.39, 0.29) is 12.2 Å². The molecule has 6 heteroatoms. The molecule has 0 radical (unpaired) electrons. The van der Waals surface area contributed by atoms with Crippen LogP contribution in [-0.4, -0.2) is 18.4 Å². The molecule has 0 aliphatic carbocycles. The summed E-state index contributed by atoms with van der Waals surface area (Å²) in [6.45, 7) is 3.95. The topological polar surface area (TPSA) is 67.4 Å². The van der Waals surface area contributed by atoms with E-state index < -0.39 is 17.6 Å². The molecule has 0 atom stereocenters. The number of carbonyl (C=O) groups is 2. The average molecular weight is 330 g/mol. The third-order valence-electron chi connectivity index (χ3n) is 3.34. The molecule has 0 unspecified atom stereocenters. The third-order valence-corrected chi connectivity index (χ3v) is 3.34. The van der Waals surface area contributed by atoms with Crippen LogP contribution in [0.3, 0.4) is 0 Å². The lowest BCUT2D eigenvalue weighted by molar-refractivity contribution is -0.123. The van der Waals surface area contributed by atoms with Crippen LogP contribution in [0, 0.1) is 5.82 Å². The number of rotatable bonds is 5. The van der Waals surface area contributed by atoms with Crippen molar-refractivity contribution < 1.29 is 18.7 Å². The molecule has 2 N–H and O–H groups in total. The van der Waals surface area contributed by atoms with Gasteiger partial charge in [-0.25, -0.2) is 4.39 Å². The number of ether oxygens (including phenoxy) is 1. The van der Waals surface area contributed by atoms with E-state index in [1.807, 2.05) is 12.1 Å². The smallest absolute Gasteiger partial charge is 0.276 e. The molecule has 2 aromatic carbocycles. The van der Waals surface area contributed by atoms with E-state index in [2.05, 4.69) is 24.7 Å². The van der Waals surface area contributed by atoms with Crippen LogP contribution < -0.4 is 15.6 Å². The van der Waals surface area contributed by atoms with Gasteiger partial charge in [-0.1, -0.05) is 26.0 Å². The van der Waals surface area contributed by atoms with Gasteiger partial charge >= 0.3 is 0 Å². The fourth-order valence-corrected chi connectivity index (χ4v) is 1.93. The van der Waals surface area contributed by atoms with E-state index in [1.54, 1.807) is 12.1 Å². The summed E-state index contributed by atoms with van der Waals surface area (Å²) < 4.78 is 18.1. The Bertz CT molecular complexity index is 697. The lowest BCUT2D eigenvalue weighted by Gasteiger charge is -2.10. The number of amides is 2. The number of benzene rings is 2. The zero-order valence-corrected chi connectivity index (χ0v) is 13.5. The van der Waals surface area contributed by atoms with Crippen molar-refractivity contribution in [2.24, 2.45) is 0 Å². The Labute approximate surface area is 139 Å². The summed E-state index contributed by atoms with van der Waals surface area (Å²) in [6.07, 6.45) is 0. The highest BCUT2D eigenvalue weighted by Gasteiger charge is 2.08. The number of carbonyl (C=O) groups excluding carboxylic acids is 2. The molecule has 0 heterocycles. The molecule has 0 fully saturated rings. The van der Waals surface area contributed by atoms with Gasteiger partial charge in [0.05, 0.1) is 0 Å². The first kappa shape index (κ1) is 17.5. The van der Waals surface area contributed by atoms with E-state index in [0.717, 1.165) is 0 Å². The summed E-state index contributed by atoms with van der Waals surface area (Å²) >= 11 is 0. The van der Waals surface area contributed by atoms with Gasteiger partial charge < -0.3 is 4.74 Å². The predicted molar refractivity (Wildman–Crippen MR) is 88.0 cm³/mol. The molecule has 5 nitrogen and oxygen atoms in total. The van der Waals surface area contributed by atoms with Crippen molar-refractivity contribution in [2.45, 2.75) is 19.8 Å². The van der Waals surface area contributed by atoms with Crippen LogP contribution in [0.15, 0.2) is 48.5 Å². The van der Waals surface area contributed by atoms with Crippen LogP contribution in [-0.2, 0) is 4.79 Å². The summed E-state index contributed by atoms with van der Waals surface area (Å²) in [4.78, 5) is 23.4. The molecule has 0 aromatic heterocycles. The largest absolute Gasteiger partial charge is 0.484 e. The Morgan fingerprint density at radius 3 is 2.21 bits per heavy atom. The van der Waals surface area contributed by atoms with Gasteiger partial charge in [-0.05, 0) is 47.9 Å². The number of hydrogen-bond acceptors (Lipinski definition) is 3. The van der Waals surface area contributed by atoms with Crippen LogP contribution in [0.1, 0.15) is 35.7 Å². The van der Waals surface area contributed by atoms with Crippen molar-refractivity contribution in [1.29, 1.82) is 0 Å². The molecule has 0 aliphatic heterocycles. The van der Waals surface area contributed by atoms with Crippen LogP contribution in [0.25, 0.3) is 0 Å². The third kappa shape index (κ3) is 5.08. The van der Waals surface area contributed by atoms with E-state index in [1.165, 1.54) is 29.8 Å². The lowest BCUT2D eigenvalue weighted by atomic mass is 10.0. The van der Waals surface area contributed by atoms with Gasteiger partial charge in [-0.3, -0.25) is 20.4 Å². The predicted octanol–water partition coefficient (Wildman–Crippen LogP) is 2.79. The second-order valence-electron chi connectivity index (χ2n) is 5.52. The summed E-state index contributed by atoms with van der Waals surface area (Å²) in [6, 6.07) is 12.4. The molecule has 0 saturated heterocycles. The highest BCUT2D eigenvalue weighted by molar-refractivity contribution is 5.95. The maximum atomic E-state index is 12.8. The molecule has 2 amide bonds. The number of hydrazine groups is 1. The summed E-state index contributed by atoms with van der Waals surface area (Å²) in [5.41, 5.74) is 5.89. The molecule has 0 bridgehead atoms. The Kier molecular flexibility index (Phi) is 5.89. The van der Waals surface area contributed by atoms with E-state index in [0.29, 0.717) is 11.7 Å². The van der Waals surface area contributed by atoms with Crippen molar-refractivity contribution in [3.8, 4) is 5.75 Å². The molecule has 0 spiro atoms. The molecule has 2 rings (SSSR count). The molecule has 126 valence electrons. The van der Waals surface area contributed by atoms with Crippen LogP contribution >= 0.6 is 0 Å². The first-order chi connectivity index (χ1) is 11.5. The van der Waals surface area contributed by atoms with Crippen molar-refractivity contribution in [3.63, 3.8) is 0 Å². The van der Waals surface area contributed by atoms with Crippen molar-refractivity contribution in [1.82, 2.24) is 10.9 Å². The van der Waals surface area contributed by atoms with Gasteiger partial charge in [0.2, 0.25) is 0 Å². The maximum absolute atomic E-state index is 12.8. The SMILES string of the molecule is CC(C)c1ccc(OCC(=O)NNC(=O)c2ccc(F)cc2)cc1. The van der Waals surface area contributed by atoms with Crippen LogP contribution in [0.5, 0.6) is 5.75 Å². The Balaban J connectivity index is 1.77. The van der Waals surface area contributed by atoms with E-state index in [9.17, 15) is 14.0 Å². The maximum Gasteiger partial charge on any atom is 0.276 e. The summed E-state index contributed by atoms with van der Waals surface area (Å²) in [5, 5.41) is 0. The van der Waals surface area contributed by atoms with Crippen molar-refractivity contribution in [3.05, 3.63) is 65.5 Å². The van der Waals surface area contributed by atoms with Gasteiger partial charge in [0, 0.05) is 5.56 Å². The lowest BCUT2D eigenvalue weighted by Crippen LogP contribution is -2.43. The summed E-state index contributed by atoms with van der Waals surface area (Å²) in [5.74, 6) is -0.487. The minimum atomic E-state index is -0.537. The van der Waals surface area contributed by atoms with Crippen molar-refractivity contribution in [2.75, 3.05) is 6.61 Å². The van der Waals surface area contributed by atoms with Gasteiger partial charge in [-0.15, -0.1) is 0 Å². The zero-order chi connectivity index (χ0) is 17.5. The first-order valence-corrected chi connectivity index (χ1v) is 7.53. The monoisotopic (exact) mass is 330 g/mol.